The predicted molar refractivity (Wildman–Crippen MR) is 117 cm³/mol. The molecule has 0 aliphatic carbocycles. The summed E-state index contributed by atoms with van der Waals surface area (Å²) in [6, 6.07) is 15.7. The molecule has 0 spiro atoms. The summed E-state index contributed by atoms with van der Waals surface area (Å²) in [6.45, 7) is 4.74. The Labute approximate surface area is 174 Å². The van der Waals surface area contributed by atoms with Crippen molar-refractivity contribution < 1.29 is 9.53 Å². The molecule has 4 rings (SSSR count). The van der Waals surface area contributed by atoms with E-state index in [2.05, 4.69) is 39.5 Å². The number of benzene rings is 1. The van der Waals surface area contributed by atoms with Gasteiger partial charge in [-0.25, -0.2) is 4.79 Å². The highest BCUT2D eigenvalue weighted by Gasteiger charge is 2.15. The molecule has 6 nitrogen and oxygen atoms in total. The number of ether oxygens (including phenoxy) is 1. The fraction of sp³-hybridized carbons (Fsp3) is 0.273. The minimum absolute atomic E-state index is 0.579. The van der Waals surface area contributed by atoms with Crippen molar-refractivity contribution in [2.45, 2.75) is 6.42 Å². The van der Waals surface area contributed by atoms with Crippen molar-refractivity contribution >= 4 is 23.1 Å². The van der Waals surface area contributed by atoms with Crippen LogP contribution in [0, 0.1) is 0 Å². The molecule has 1 aliphatic rings. The number of morpholine rings is 1. The molecule has 3 heterocycles. The number of hydrogen-bond donors (Lipinski definition) is 2. The van der Waals surface area contributed by atoms with Crippen molar-refractivity contribution in [2.24, 2.45) is 5.73 Å². The second kappa shape index (κ2) is 9.17. The molecule has 0 radical (unpaired) electrons. The van der Waals surface area contributed by atoms with Crippen LogP contribution in [0.5, 0.6) is 0 Å². The van der Waals surface area contributed by atoms with Crippen molar-refractivity contribution in [2.75, 3.05) is 38.2 Å². The minimum Gasteiger partial charge on any atom is -0.379 e. The molecule has 0 saturated carbocycles. The highest BCUT2D eigenvalue weighted by molar-refractivity contribution is 7.19. The summed E-state index contributed by atoms with van der Waals surface area (Å²) in [7, 11) is 0. The second-order valence-corrected chi connectivity index (χ2v) is 8.01. The van der Waals surface area contributed by atoms with Crippen LogP contribution in [0.4, 0.5) is 10.5 Å². The molecule has 1 aromatic carbocycles. The number of amides is 2. The van der Waals surface area contributed by atoms with Crippen molar-refractivity contribution in [1.29, 1.82) is 0 Å². The highest BCUT2D eigenvalue weighted by Crippen LogP contribution is 2.40. The van der Waals surface area contributed by atoms with Gasteiger partial charge < -0.3 is 15.8 Å². The molecular formula is C22H24N4O2S. The standard InChI is InChI=1S/C22H24N4O2S/c23-22(27)25-19-15-20(29-21(19)18-3-1-2-9-24-18)17-6-4-16(5-7-17)8-10-26-11-13-28-14-12-26/h1-7,9,15H,8,10-14H2,(H3,23,25,27). The molecule has 2 aromatic heterocycles. The largest absolute Gasteiger partial charge is 0.379 e. The zero-order valence-corrected chi connectivity index (χ0v) is 17.0. The molecule has 1 saturated heterocycles. The predicted octanol–water partition coefficient (Wildman–Crippen LogP) is 3.84. The Hall–Kier alpha value is -2.74. The van der Waals surface area contributed by atoms with Gasteiger partial charge in [-0.3, -0.25) is 9.88 Å². The molecule has 29 heavy (non-hydrogen) atoms. The smallest absolute Gasteiger partial charge is 0.316 e. The Bertz CT molecular complexity index is 951. The average Bonchev–Trinajstić information content (AvgIpc) is 3.17. The molecule has 1 aliphatic heterocycles. The number of rotatable bonds is 6. The van der Waals surface area contributed by atoms with Gasteiger partial charge in [-0.1, -0.05) is 30.3 Å². The number of nitrogens with two attached hydrogens (primary N) is 1. The van der Waals surface area contributed by atoms with Crippen LogP contribution >= 0.6 is 11.3 Å². The van der Waals surface area contributed by atoms with Crippen LogP contribution in [0.2, 0.25) is 0 Å². The van der Waals surface area contributed by atoms with E-state index in [0.29, 0.717) is 5.69 Å². The Morgan fingerprint density at radius 3 is 2.66 bits per heavy atom. The van der Waals surface area contributed by atoms with E-state index in [-0.39, 0.29) is 0 Å². The monoisotopic (exact) mass is 408 g/mol. The first-order valence-electron chi connectivity index (χ1n) is 9.70. The highest BCUT2D eigenvalue weighted by atomic mass is 32.1. The number of nitrogens with zero attached hydrogens (tertiary/aromatic N) is 2. The van der Waals surface area contributed by atoms with E-state index in [9.17, 15) is 4.79 Å². The zero-order chi connectivity index (χ0) is 20.1. The van der Waals surface area contributed by atoms with E-state index in [1.54, 1.807) is 17.5 Å². The SMILES string of the molecule is NC(=O)Nc1cc(-c2ccc(CCN3CCOCC3)cc2)sc1-c1ccccn1. The quantitative estimate of drug-likeness (QED) is 0.649. The van der Waals surface area contributed by atoms with Crippen LogP contribution in [0.3, 0.4) is 0 Å². The van der Waals surface area contributed by atoms with Crippen LogP contribution in [0.25, 0.3) is 21.0 Å². The molecule has 1 fully saturated rings. The van der Waals surface area contributed by atoms with E-state index in [0.717, 1.165) is 60.3 Å². The van der Waals surface area contributed by atoms with Gasteiger partial charge in [-0.2, -0.15) is 0 Å². The lowest BCUT2D eigenvalue weighted by Gasteiger charge is -2.26. The summed E-state index contributed by atoms with van der Waals surface area (Å²) < 4.78 is 5.41. The molecule has 150 valence electrons. The number of nitrogens with one attached hydrogen (secondary N) is 1. The summed E-state index contributed by atoms with van der Waals surface area (Å²) in [5.41, 5.74) is 9.29. The number of carbonyl (C=O) groups excluding carboxylic acids is 1. The number of carbonyl (C=O) groups is 1. The van der Waals surface area contributed by atoms with Gasteiger partial charge in [0, 0.05) is 30.7 Å². The lowest BCUT2D eigenvalue weighted by Crippen LogP contribution is -2.37. The normalized spacial score (nSPS) is 14.6. The van der Waals surface area contributed by atoms with Gasteiger partial charge in [0.1, 0.15) is 0 Å². The summed E-state index contributed by atoms with van der Waals surface area (Å²) >= 11 is 1.59. The van der Waals surface area contributed by atoms with Crippen molar-refractivity contribution in [3.8, 4) is 21.0 Å². The van der Waals surface area contributed by atoms with Crippen LogP contribution in [-0.4, -0.2) is 48.8 Å². The molecule has 0 atom stereocenters. The third kappa shape index (κ3) is 5.00. The number of thiophene rings is 1. The third-order valence-electron chi connectivity index (χ3n) is 4.95. The summed E-state index contributed by atoms with van der Waals surface area (Å²) in [6.07, 6.45) is 2.77. The molecular weight excluding hydrogens is 384 g/mol. The van der Waals surface area contributed by atoms with Gasteiger partial charge in [0.05, 0.1) is 29.5 Å². The number of pyridine rings is 1. The number of anilines is 1. The molecule has 3 N–H and O–H groups in total. The molecule has 2 amide bonds. The third-order valence-corrected chi connectivity index (χ3v) is 6.15. The van der Waals surface area contributed by atoms with Gasteiger partial charge in [0.15, 0.2) is 0 Å². The van der Waals surface area contributed by atoms with E-state index in [1.165, 1.54) is 5.56 Å². The lowest BCUT2D eigenvalue weighted by molar-refractivity contribution is 0.0384. The Morgan fingerprint density at radius 1 is 1.17 bits per heavy atom. The summed E-state index contributed by atoms with van der Waals surface area (Å²) in [4.78, 5) is 20.2. The van der Waals surface area contributed by atoms with E-state index in [1.807, 2.05) is 24.3 Å². The summed E-state index contributed by atoms with van der Waals surface area (Å²) in [5, 5.41) is 2.72. The van der Waals surface area contributed by atoms with Crippen molar-refractivity contribution in [3.63, 3.8) is 0 Å². The maximum atomic E-state index is 11.4. The fourth-order valence-electron chi connectivity index (χ4n) is 3.39. The van der Waals surface area contributed by atoms with E-state index in [4.69, 9.17) is 10.5 Å². The van der Waals surface area contributed by atoms with Crippen LogP contribution in [0.15, 0.2) is 54.7 Å². The maximum Gasteiger partial charge on any atom is 0.316 e. The number of hydrogen-bond acceptors (Lipinski definition) is 5. The second-order valence-electron chi connectivity index (χ2n) is 6.96. The van der Waals surface area contributed by atoms with Crippen molar-refractivity contribution in [3.05, 3.63) is 60.3 Å². The van der Waals surface area contributed by atoms with Crippen molar-refractivity contribution in [1.82, 2.24) is 9.88 Å². The maximum absolute atomic E-state index is 11.4. The fourth-order valence-corrected chi connectivity index (χ4v) is 4.49. The molecule has 3 aromatic rings. The van der Waals surface area contributed by atoms with Crippen LogP contribution in [0.1, 0.15) is 5.56 Å². The lowest BCUT2D eigenvalue weighted by atomic mass is 10.1. The average molecular weight is 409 g/mol. The first-order chi connectivity index (χ1) is 14.2. The first-order valence-corrected chi connectivity index (χ1v) is 10.5. The number of urea groups is 1. The van der Waals surface area contributed by atoms with Gasteiger partial charge in [0.25, 0.3) is 0 Å². The van der Waals surface area contributed by atoms with E-state index < -0.39 is 6.03 Å². The van der Waals surface area contributed by atoms with Crippen LogP contribution < -0.4 is 11.1 Å². The minimum atomic E-state index is -0.579. The number of primary amides is 1. The van der Waals surface area contributed by atoms with Crippen LogP contribution in [-0.2, 0) is 11.2 Å². The first kappa shape index (κ1) is 19.6. The molecule has 0 unspecified atom stereocenters. The van der Waals surface area contributed by atoms with Gasteiger partial charge in [-0.15, -0.1) is 11.3 Å². The van der Waals surface area contributed by atoms with Gasteiger partial charge in [-0.05, 0) is 35.7 Å². The Kier molecular flexibility index (Phi) is 6.19. The van der Waals surface area contributed by atoms with E-state index >= 15 is 0 Å². The topological polar surface area (TPSA) is 80.5 Å². The summed E-state index contributed by atoms with van der Waals surface area (Å²) in [5.74, 6) is 0. The molecule has 0 bridgehead atoms. The molecule has 7 heteroatoms. The zero-order valence-electron chi connectivity index (χ0n) is 16.1. The van der Waals surface area contributed by atoms with Gasteiger partial charge >= 0.3 is 6.03 Å². The Balaban J connectivity index is 1.51. The Morgan fingerprint density at radius 2 is 1.97 bits per heavy atom. The number of aromatic nitrogens is 1. The van der Waals surface area contributed by atoms with Gasteiger partial charge in [0.2, 0.25) is 0 Å².